The maximum absolute atomic E-state index is 5.25. The Hall–Kier alpha value is -0.900. The van der Waals surface area contributed by atoms with E-state index in [0.29, 0.717) is 6.04 Å². The van der Waals surface area contributed by atoms with E-state index in [2.05, 4.69) is 47.6 Å². The molecule has 1 fully saturated rings. The highest BCUT2D eigenvalue weighted by Gasteiger charge is 2.22. The van der Waals surface area contributed by atoms with Crippen molar-refractivity contribution < 1.29 is 4.74 Å². The minimum atomic E-state index is 0.461. The van der Waals surface area contributed by atoms with Gasteiger partial charge in [0.25, 0.3) is 0 Å². The molecule has 1 N–H and O–H groups in total. The number of rotatable bonds is 7. The Morgan fingerprint density at radius 1 is 1.37 bits per heavy atom. The van der Waals surface area contributed by atoms with E-state index in [9.17, 15) is 0 Å². The molecule has 0 aromatic heterocycles. The molecular weight excluding hydrogens is 236 g/mol. The molecule has 0 saturated carbocycles. The highest BCUT2D eigenvalue weighted by atomic mass is 16.5. The van der Waals surface area contributed by atoms with Crippen molar-refractivity contribution in [3.63, 3.8) is 0 Å². The standard InChI is InChI=1S/C16H26N2O/c1-17-16(15-6-4-3-5-7-15)9-11-18-10-8-14(12-18)13-19-2/h3-7,14,16-17H,8-13H2,1-2H3. The number of nitrogens with zero attached hydrogens (tertiary/aromatic N) is 1. The van der Waals surface area contributed by atoms with Gasteiger partial charge in [-0.2, -0.15) is 0 Å². The Bertz CT molecular complexity index is 355. The highest BCUT2D eigenvalue weighted by molar-refractivity contribution is 5.18. The topological polar surface area (TPSA) is 24.5 Å². The smallest absolute Gasteiger partial charge is 0.0503 e. The van der Waals surface area contributed by atoms with Crippen molar-refractivity contribution in [3.05, 3.63) is 35.9 Å². The van der Waals surface area contributed by atoms with E-state index in [0.717, 1.165) is 12.5 Å². The SMILES string of the molecule is CNC(CCN1CCC(COC)C1)c1ccccc1. The number of hydrogen-bond donors (Lipinski definition) is 1. The lowest BCUT2D eigenvalue weighted by atomic mass is 10.0. The molecule has 1 saturated heterocycles. The first-order valence-electron chi connectivity index (χ1n) is 7.27. The molecule has 2 rings (SSSR count). The van der Waals surface area contributed by atoms with Gasteiger partial charge in [0.1, 0.15) is 0 Å². The minimum absolute atomic E-state index is 0.461. The van der Waals surface area contributed by atoms with Crippen LogP contribution in [0.25, 0.3) is 0 Å². The molecule has 3 nitrogen and oxygen atoms in total. The zero-order chi connectivity index (χ0) is 13.5. The van der Waals surface area contributed by atoms with Gasteiger partial charge >= 0.3 is 0 Å². The van der Waals surface area contributed by atoms with Crippen LogP contribution in [0.4, 0.5) is 0 Å². The number of likely N-dealkylation sites (tertiary alicyclic amines) is 1. The molecule has 0 radical (unpaired) electrons. The van der Waals surface area contributed by atoms with E-state index >= 15 is 0 Å². The van der Waals surface area contributed by atoms with E-state index in [1.54, 1.807) is 7.11 Å². The van der Waals surface area contributed by atoms with Crippen molar-refractivity contribution in [1.29, 1.82) is 0 Å². The molecule has 3 heteroatoms. The molecule has 1 aliphatic heterocycles. The van der Waals surface area contributed by atoms with Gasteiger partial charge in [-0.05, 0) is 44.5 Å². The monoisotopic (exact) mass is 262 g/mol. The van der Waals surface area contributed by atoms with Crippen LogP contribution in [-0.2, 0) is 4.74 Å². The van der Waals surface area contributed by atoms with Crippen molar-refractivity contribution in [2.24, 2.45) is 5.92 Å². The van der Waals surface area contributed by atoms with Gasteiger partial charge < -0.3 is 15.0 Å². The van der Waals surface area contributed by atoms with E-state index in [1.807, 2.05) is 0 Å². The Kier molecular flexibility index (Phi) is 5.83. The second-order valence-corrected chi connectivity index (χ2v) is 5.45. The Morgan fingerprint density at radius 2 is 2.16 bits per heavy atom. The van der Waals surface area contributed by atoms with Gasteiger partial charge in [0, 0.05) is 19.7 Å². The lowest BCUT2D eigenvalue weighted by molar-refractivity contribution is 0.153. The van der Waals surface area contributed by atoms with E-state index < -0.39 is 0 Å². The van der Waals surface area contributed by atoms with Crippen LogP contribution in [0.2, 0.25) is 0 Å². The van der Waals surface area contributed by atoms with Crippen LogP contribution in [-0.4, -0.2) is 45.3 Å². The van der Waals surface area contributed by atoms with E-state index in [-0.39, 0.29) is 0 Å². The Morgan fingerprint density at radius 3 is 2.84 bits per heavy atom. The third-order valence-corrected chi connectivity index (χ3v) is 4.06. The summed E-state index contributed by atoms with van der Waals surface area (Å²) in [4.78, 5) is 2.57. The summed E-state index contributed by atoms with van der Waals surface area (Å²) < 4.78 is 5.25. The summed E-state index contributed by atoms with van der Waals surface area (Å²) in [6.45, 7) is 4.49. The molecule has 0 aliphatic carbocycles. The lowest BCUT2D eigenvalue weighted by Crippen LogP contribution is -2.27. The van der Waals surface area contributed by atoms with Crippen molar-refractivity contribution in [3.8, 4) is 0 Å². The molecule has 0 amide bonds. The molecular formula is C16H26N2O. The summed E-state index contributed by atoms with van der Waals surface area (Å²) >= 11 is 0. The maximum atomic E-state index is 5.25. The predicted octanol–water partition coefficient (Wildman–Crippen LogP) is 2.31. The van der Waals surface area contributed by atoms with Crippen molar-refractivity contribution >= 4 is 0 Å². The van der Waals surface area contributed by atoms with Gasteiger partial charge in [0.2, 0.25) is 0 Å². The molecule has 1 aromatic rings. The van der Waals surface area contributed by atoms with Gasteiger partial charge in [-0.1, -0.05) is 30.3 Å². The highest BCUT2D eigenvalue weighted by Crippen LogP contribution is 2.20. The number of ether oxygens (including phenoxy) is 1. The van der Waals surface area contributed by atoms with Gasteiger partial charge in [-0.3, -0.25) is 0 Å². The quantitative estimate of drug-likeness (QED) is 0.816. The van der Waals surface area contributed by atoms with Crippen LogP contribution in [0.5, 0.6) is 0 Å². The summed E-state index contributed by atoms with van der Waals surface area (Å²) in [5.74, 6) is 0.731. The summed E-state index contributed by atoms with van der Waals surface area (Å²) in [6.07, 6.45) is 2.45. The molecule has 2 unspecified atom stereocenters. The summed E-state index contributed by atoms with van der Waals surface area (Å²) in [7, 11) is 3.85. The van der Waals surface area contributed by atoms with Crippen molar-refractivity contribution in [2.75, 3.05) is 40.4 Å². The normalized spacial score (nSPS) is 21.7. The first-order chi connectivity index (χ1) is 9.33. The van der Waals surface area contributed by atoms with Gasteiger partial charge in [0.15, 0.2) is 0 Å². The second-order valence-electron chi connectivity index (χ2n) is 5.45. The largest absolute Gasteiger partial charge is 0.384 e. The van der Waals surface area contributed by atoms with Crippen molar-refractivity contribution in [2.45, 2.75) is 18.9 Å². The molecule has 19 heavy (non-hydrogen) atoms. The predicted molar refractivity (Wildman–Crippen MR) is 79.3 cm³/mol. The van der Waals surface area contributed by atoms with Crippen LogP contribution in [0, 0.1) is 5.92 Å². The van der Waals surface area contributed by atoms with Crippen molar-refractivity contribution in [1.82, 2.24) is 10.2 Å². The third-order valence-electron chi connectivity index (χ3n) is 4.06. The third kappa shape index (κ3) is 4.30. The van der Waals surface area contributed by atoms with Crippen LogP contribution in [0.3, 0.4) is 0 Å². The van der Waals surface area contributed by atoms with E-state index in [4.69, 9.17) is 4.74 Å². The molecule has 0 spiro atoms. The van der Waals surface area contributed by atoms with Crippen LogP contribution in [0.15, 0.2) is 30.3 Å². The fourth-order valence-electron chi connectivity index (χ4n) is 2.96. The second kappa shape index (κ2) is 7.63. The average molecular weight is 262 g/mol. The average Bonchev–Trinajstić information content (AvgIpc) is 2.89. The fraction of sp³-hybridized carbons (Fsp3) is 0.625. The molecule has 1 aromatic carbocycles. The molecule has 1 heterocycles. The molecule has 0 bridgehead atoms. The van der Waals surface area contributed by atoms with Crippen LogP contribution < -0.4 is 5.32 Å². The molecule has 106 valence electrons. The lowest BCUT2D eigenvalue weighted by Gasteiger charge is -2.21. The van der Waals surface area contributed by atoms with Crippen LogP contribution in [0.1, 0.15) is 24.4 Å². The number of methoxy groups -OCH3 is 1. The fourth-order valence-corrected chi connectivity index (χ4v) is 2.96. The van der Waals surface area contributed by atoms with Crippen LogP contribution >= 0.6 is 0 Å². The van der Waals surface area contributed by atoms with Gasteiger partial charge in [0.05, 0.1) is 6.61 Å². The van der Waals surface area contributed by atoms with E-state index in [1.165, 1.54) is 38.0 Å². The van der Waals surface area contributed by atoms with Gasteiger partial charge in [-0.25, -0.2) is 0 Å². The number of nitrogens with one attached hydrogen (secondary N) is 1. The van der Waals surface area contributed by atoms with Gasteiger partial charge in [-0.15, -0.1) is 0 Å². The Balaban J connectivity index is 1.78. The number of hydrogen-bond acceptors (Lipinski definition) is 3. The number of benzene rings is 1. The first kappa shape index (κ1) is 14.5. The molecule has 1 aliphatic rings. The zero-order valence-corrected chi connectivity index (χ0v) is 12.1. The summed E-state index contributed by atoms with van der Waals surface area (Å²) in [5.41, 5.74) is 1.39. The molecule has 2 atom stereocenters. The summed E-state index contributed by atoms with van der Waals surface area (Å²) in [6, 6.07) is 11.2. The first-order valence-corrected chi connectivity index (χ1v) is 7.27. The maximum Gasteiger partial charge on any atom is 0.0503 e. The summed E-state index contributed by atoms with van der Waals surface area (Å²) in [5, 5.41) is 3.43. The minimum Gasteiger partial charge on any atom is -0.384 e. The Labute approximate surface area is 116 Å². The zero-order valence-electron chi connectivity index (χ0n) is 12.1.